The van der Waals surface area contributed by atoms with Crippen molar-refractivity contribution in [1.29, 1.82) is 0 Å². The van der Waals surface area contributed by atoms with E-state index in [1.54, 1.807) is 0 Å². The summed E-state index contributed by atoms with van der Waals surface area (Å²) in [5, 5.41) is 4.27. The highest BCUT2D eigenvalue weighted by atomic mass is 32.1. The largest absolute Gasteiger partial charge is 0.353 e. The molecule has 110 valence electrons. The summed E-state index contributed by atoms with van der Waals surface area (Å²) in [5.74, 6) is 0. The molecule has 3 rings (SSSR count). The molecule has 1 saturated heterocycles. The fraction of sp³-hybridized carbons (Fsp3) is 0.375. The lowest BCUT2D eigenvalue weighted by Crippen LogP contribution is -2.31. The van der Waals surface area contributed by atoms with Crippen molar-refractivity contribution < 1.29 is 0 Å². The number of nitrogens with one attached hydrogen (secondary N) is 1. The van der Waals surface area contributed by atoms with Crippen molar-refractivity contribution >= 4 is 17.3 Å². The van der Waals surface area contributed by atoms with Gasteiger partial charge in [0.05, 0.1) is 17.8 Å². The fourth-order valence-electron chi connectivity index (χ4n) is 2.99. The van der Waals surface area contributed by atoms with E-state index in [1.807, 2.05) is 18.3 Å². The average Bonchev–Trinajstić information content (AvgIpc) is 3.05. The average molecular weight is 300 g/mol. The van der Waals surface area contributed by atoms with Crippen LogP contribution in [0.4, 0.5) is 0 Å². The maximum Gasteiger partial charge on any atom is 0.170 e. The van der Waals surface area contributed by atoms with Crippen LogP contribution in [-0.2, 0) is 7.05 Å². The Morgan fingerprint density at radius 2 is 2.14 bits per heavy atom. The minimum atomic E-state index is 0.0962. The van der Waals surface area contributed by atoms with E-state index in [1.165, 1.54) is 5.69 Å². The van der Waals surface area contributed by atoms with Crippen LogP contribution >= 0.6 is 12.2 Å². The Balaban J connectivity index is 2.03. The number of thiocarbonyl (C=S) groups is 1. The van der Waals surface area contributed by atoms with E-state index in [0.29, 0.717) is 0 Å². The first kappa shape index (κ1) is 14.1. The van der Waals surface area contributed by atoms with Gasteiger partial charge in [-0.25, -0.2) is 0 Å². The molecule has 0 bridgehead atoms. The van der Waals surface area contributed by atoms with Crippen LogP contribution in [0.1, 0.15) is 36.8 Å². The third-order valence-corrected chi connectivity index (χ3v) is 4.30. The van der Waals surface area contributed by atoms with Crippen LogP contribution in [0.2, 0.25) is 0 Å². The molecule has 3 heterocycles. The summed E-state index contributed by atoms with van der Waals surface area (Å²) in [6, 6.07) is 10.6. The lowest BCUT2D eigenvalue weighted by Gasteiger charge is -2.27. The van der Waals surface area contributed by atoms with Crippen molar-refractivity contribution in [2.24, 2.45) is 7.05 Å². The lowest BCUT2D eigenvalue weighted by molar-refractivity contribution is 0.306. The van der Waals surface area contributed by atoms with Gasteiger partial charge in [0.1, 0.15) is 0 Å². The molecule has 21 heavy (non-hydrogen) atoms. The van der Waals surface area contributed by atoms with E-state index in [9.17, 15) is 0 Å². The van der Waals surface area contributed by atoms with Crippen LogP contribution in [0.3, 0.4) is 0 Å². The van der Waals surface area contributed by atoms with E-state index in [0.717, 1.165) is 23.8 Å². The van der Waals surface area contributed by atoms with E-state index in [-0.39, 0.29) is 12.1 Å². The number of hydrogen-bond acceptors (Lipinski definition) is 2. The molecule has 0 amide bonds. The Bertz CT molecular complexity index is 622. The number of aromatic nitrogens is 2. The van der Waals surface area contributed by atoms with Crippen molar-refractivity contribution in [2.45, 2.75) is 25.4 Å². The van der Waals surface area contributed by atoms with Gasteiger partial charge in [-0.3, -0.25) is 4.98 Å². The van der Waals surface area contributed by atoms with E-state index in [2.05, 4.69) is 58.1 Å². The zero-order valence-corrected chi connectivity index (χ0v) is 13.2. The molecule has 2 atom stereocenters. The summed E-state index contributed by atoms with van der Waals surface area (Å²) in [6.07, 6.45) is 4.98. The van der Waals surface area contributed by atoms with Crippen LogP contribution in [0.5, 0.6) is 0 Å². The highest BCUT2D eigenvalue weighted by Gasteiger charge is 2.40. The Morgan fingerprint density at radius 1 is 1.29 bits per heavy atom. The van der Waals surface area contributed by atoms with Crippen LogP contribution < -0.4 is 5.32 Å². The van der Waals surface area contributed by atoms with Crippen LogP contribution in [0.15, 0.2) is 42.7 Å². The maximum absolute atomic E-state index is 5.56. The normalized spacial score (nSPS) is 21.6. The first-order valence-corrected chi connectivity index (χ1v) is 7.72. The second-order valence-corrected chi connectivity index (χ2v) is 5.75. The Hall–Kier alpha value is -1.88. The molecule has 0 radical (unpaired) electrons. The number of aryl methyl sites for hydroxylation is 1. The lowest BCUT2D eigenvalue weighted by atomic mass is 10.0. The summed E-state index contributed by atoms with van der Waals surface area (Å²) in [7, 11) is 2.08. The predicted octanol–water partition coefficient (Wildman–Crippen LogP) is 2.80. The van der Waals surface area contributed by atoms with Crippen molar-refractivity contribution in [2.75, 3.05) is 6.54 Å². The Morgan fingerprint density at radius 3 is 2.76 bits per heavy atom. The van der Waals surface area contributed by atoms with Crippen molar-refractivity contribution in [3.63, 3.8) is 0 Å². The predicted molar refractivity (Wildman–Crippen MR) is 87.9 cm³/mol. The van der Waals surface area contributed by atoms with Crippen molar-refractivity contribution in [3.8, 4) is 0 Å². The van der Waals surface area contributed by atoms with E-state index >= 15 is 0 Å². The van der Waals surface area contributed by atoms with Crippen LogP contribution in [0, 0.1) is 0 Å². The standard InChI is InChI=1S/C16H20N4S/c1-3-10-20-15(13-8-6-11-19(13)2)14(18-16(20)21)12-7-4-5-9-17-12/h4-9,11,14-15H,3,10H2,1-2H3,(H,18,21)/t14-,15-/m1/s1. The highest BCUT2D eigenvalue weighted by Crippen LogP contribution is 2.38. The zero-order chi connectivity index (χ0) is 14.8. The third kappa shape index (κ3) is 2.53. The van der Waals surface area contributed by atoms with Gasteiger partial charge in [-0.1, -0.05) is 13.0 Å². The number of hydrogen-bond donors (Lipinski definition) is 1. The minimum absolute atomic E-state index is 0.0962. The summed E-state index contributed by atoms with van der Waals surface area (Å²) < 4.78 is 2.17. The van der Waals surface area contributed by atoms with Gasteiger partial charge in [0.25, 0.3) is 0 Å². The van der Waals surface area contributed by atoms with Crippen LogP contribution in [-0.4, -0.2) is 26.1 Å². The quantitative estimate of drug-likeness (QED) is 0.880. The molecule has 4 nitrogen and oxygen atoms in total. The van der Waals surface area contributed by atoms with Gasteiger partial charge in [0, 0.05) is 31.7 Å². The second kappa shape index (κ2) is 5.85. The third-order valence-electron chi connectivity index (χ3n) is 3.95. The molecular formula is C16H20N4S. The monoisotopic (exact) mass is 300 g/mol. The van der Waals surface area contributed by atoms with Gasteiger partial charge >= 0.3 is 0 Å². The van der Waals surface area contributed by atoms with Crippen LogP contribution in [0.25, 0.3) is 0 Å². The fourth-order valence-corrected chi connectivity index (χ4v) is 3.32. The molecule has 1 aliphatic rings. The van der Waals surface area contributed by atoms with Crippen molar-refractivity contribution in [1.82, 2.24) is 19.8 Å². The number of nitrogens with zero attached hydrogens (tertiary/aromatic N) is 3. The van der Waals surface area contributed by atoms with Crippen molar-refractivity contribution in [3.05, 3.63) is 54.1 Å². The molecule has 0 aromatic carbocycles. The zero-order valence-electron chi connectivity index (χ0n) is 12.4. The first-order valence-electron chi connectivity index (χ1n) is 7.31. The molecule has 1 aliphatic heterocycles. The molecule has 1 fully saturated rings. The molecule has 2 aromatic heterocycles. The highest BCUT2D eigenvalue weighted by molar-refractivity contribution is 7.80. The molecule has 0 aliphatic carbocycles. The van der Waals surface area contributed by atoms with E-state index in [4.69, 9.17) is 12.2 Å². The maximum atomic E-state index is 5.56. The second-order valence-electron chi connectivity index (χ2n) is 5.36. The van der Waals surface area contributed by atoms with Gasteiger partial charge in [-0.05, 0) is 42.9 Å². The van der Waals surface area contributed by atoms with Gasteiger partial charge in [-0.15, -0.1) is 0 Å². The SMILES string of the molecule is CCCN1C(=S)N[C@H](c2ccccn2)[C@H]1c1cccn1C. The number of rotatable bonds is 4. The number of pyridine rings is 1. The molecule has 0 unspecified atom stereocenters. The first-order chi connectivity index (χ1) is 10.2. The smallest absolute Gasteiger partial charge is 0.170 e. The molecule has 0 spiro atoms. The molecule has 2 aromatic rings. The molecule has 1 N–H and O–H groups in total. The summed E-state index contributed by atoms with van der Waals surface area (Å²) in [5.41, 5.74) is 2.29. The van der Waals surface area contributed by atoms with Gasteiger partial charge < -0.3 is 14.8 Å². The molecule has 5 heteroatoms. The van der Waals surface area contributed by atoms with Gasteiger partial charge in [-0.2, -0.15) is 0 Å². The minimum Gasteiger partial charge on any atom is -0.353 e. The Labute approximate surface area is 130 Å². The molecule has 0 saturated carbocycles. The van der Waals surface area contributed by atoms with Gasteiger partial charge in [0.15, 0.2) is 5.11 Å². The summed E-state index contributed by atoms with van der Waals surface area (Å²) in [6.45, 7) is 3.13. The summed E-state index contributed by atoms with van der Waals surface area (Å²) >= 11 is 5.56. The van der Waals surface area contributed by atoms with Gasteiger partial charge in [0.2, 0.25) is 0 Å². The van der Waals surface area contributed by atoms with E-state index < -0.39 is 0 Å². The summed E-state index contributed by atoms with van der Waals surface area (Å²) in [4.78, 5) is 6.80. The topological polar surface area (TPSA) is 33.1 Å². The Kier molecular flexibility index (Phi) is 3.92. The molecular weight excluding hydrogens is 280 g/mol.